The fourth-order valence-corrected chi connectivity index (χ4v) is 3.82. The molecule has 0 heterocycles. The fourth-order valence-electron chi connectivity index (χ4n) is 3.82. The SMILES string of the molecule is CCc1cccc(C=C2CCC(N)C(N)C2=Cc2cccc(CC)c2O)c1O. The first kappa shape index (κ1) is 20.2. The van der Waals surface area contributed by atoms with Crippen LogP contribution >= 0.6 is 0 Å². The highest BCUT2D eigenvalue weighted by atomic mass is 16.3. The van der Waals surface area contributed by atoms with Crippen LogP contribution in [0.1, 0.15) is 48.9 Å². The molecule has 0 saturated heterocycles. The summed E-state index contributed by atoms with van der Waals surface area (Å²) in [5.74, 6) is 0.607. The first-order chi connectivity index (χ1) is 13.5. The van der Waals surface area contributed by atoms with Gasteiger partial charge in [-0.3, -0.25) is 0 Å². The third-order valence-corrected chi connectivity index (χ3v) is 5.64. The lowest BCUT2D eigenvalue weighted by atomic mass is 9.80. The highest BCUT2D eigenvalue weighted by Crippen LogP contribution is 2.35. The van der Waals surface area contributed by atoms with Crippen LogP contribution in [0, 0.1) is 0 Å². The summed E-state index contributed by atoms with van der Waals surface area (Å²) < 4.78 is 0. The molecule has 148 valence electrons. The summed E-state index contributed by atoms with van der Waals surface area (Å²) >= 11 is 0. The molecule has 0 spiro atoms. The van der Waals surface area contributed by atoms with Crippen LogP contribution in [0.4, 0.5) is 0 Å². The maximum atomic E-state index is 10.6. The first-order valence-electron chi connectivity index (χ1n) is 10.0. The van der Waals surface area contributed by atoms with Crippen molar-refractivity contribution in [3.05, 3.63) is 69.8 Å². The summed E-state index contributed by atoms with van der Waals surface area (Å²) in [6.07, 6.45) is 7.06. The summed E-state index contributed by atoms with van der Waals surface area (Å²) in [5, 5.41) is 21.1. The molecule has 2 aromatic carbocycles. The summed E-state index contributed by atoms with van der Waals surface area (Å²) in [4.78, 5) is 0. The second-order valence-electron chi connectivity index (χ2n) is 7.41. The van der Waals surface area contributed by atoms with E-state index in [4.69, 9.17) is 11.5 Å². The monoisotopic (exact) mass is 378 g/mol. The number of phenols is 2. The molecule has 4 nitrogen and oxygen atoms in total. The normalized spacial score (nSPS) is 22.7. The van der Waals surface area contributed by atoms with E-state index in [0.29, 0.717) is 11.5 Å². The number of phenolic OH excluding ortho intramolecular Hbond substituents is 2. The van der Waals surface area contributed by atoms with E-state index in [-0.39, 0.29) is 12.1 Å². The van der Waals surface area contributed by atoms with Crippen molar-refractivity contribution in [1.82, 2.24) is 0 Å². The zero-order valence-corrected chi connectivity index (χ0v) is 16.7. The maximum absolute atomic E-state index is 10.6. The number of para-hydroxylation sites is 2. The van der Waals surface area contributed by atoms with Crippen molar-refractivity contribution in [3.63, 3.8) is 0 Å². The van der Waals surface area contributed by atoms with Gasteiger partial charge >= 0.3 is 0 Å². The van der Waals surface area contributed by atoms with Crippen molar-refractivity contribution < 1.29 is 10.2 Å². The van der Waals surface area contributed by atoms with E-state index in [1.165, 1.54) is 0 Å². The van der Waals surface area contributed by atoms with Gasteiger partial charge in [-0.2, -0.15) is 0 Å². The van der Waals surface area contributed by atoms with Gasteiger partial charge in [-0.1, -0.05) is 50.2 Å². The number of aromatic hydroxyl groups is 2. The van der Waals surface area contributed by atoms with Gasteiger partial charge in [-0.25, -0.2) is 0 Å². The largest absolute Gasteiger partial charge is 0.507 e. The van der Waals surface area contributed by atoms with Crippen LogP contribution in [0.5, 0.6) is 11.5 Å². The van der Waals surface area contributed by atoms with Gasteiger partial charge in [-0.15, -0.1) is 0 Å². The zero-order valence-electron chi connectivity index (χ0n) is 16.7. The fraction of sp³-hybridized carbons (Fsp3) is 0.333. The van der Waals surface area contributed by atoms with Crippen molar-refractivity contribution in [2.24, 2.45) is 11.5 Å². The molecule has 1 aliphatic carbocycles. The number of aryl methyl sites for hydroxylation is 2. The Labute approximate surface area is 167 Å². The van der Waals surface area contributed by atoms with E-state index >= 15 is 0 Å². The highest BCUT2D eigenvalue weighted by Gasteiger charge is 2.27. The van der Waals surface area contributed by atoms with E-state index in [9.17, 15) is 10.2 Å². The minimum Gasteiger partial charge on any atom is -0.507 e. The van der Waals surface area contributed by atoms with Crippen molar-refractivity contribution >= 4 is 12.2 Å². The second kappa shape index (κ2) is 8.63. The molecule has 6 N–H and O–H groups in total. The average molecular weight is 379 g/mol. The maximum Gasteiger partial charge on any atom is 0.125 e. The number of nitrogens with two attached hydrogens (primary N) is 2. The Hall–Kier alpha value is -2.56. The summed E-state index contributed by atoms with van der Waals surface area (Å²) in [7, 11) is 0. The Balaban J connectivity index is 2.10. The topological polar surface area (TPSA) is 92.5 Å². The minimum atomic E-state index is -0.318. The molecule has 2 atom stereocenters. The number of hydrogen-bond acceptors (Lipinski definition) is 4. The van der Waals surface area contributed by atoms with E-state index in [1.807, 2.05) is 62.4 Å². The molecule has 0 radical (unpaired) electrons. The first-order valence-corrected chi connectivity index (χ1v) is 10.0. The zero-order chi connectivity index (χ0) is 20.3. The van der Waals surface area contributed by atoms with E-state index in [1.54, 1.807) is 0 Å². The molecule has 1 aliphatic rings. The van der Waals surface area contributed by atoms with Crippen LogP contribution in [0.3, 0.4) is 0 Å². The van der Waals surface area contributed by atoms with Crippen LogP contribution in [-0.4, -0.2) is 22.3 Å². The third kappa shape index (κ3) is 3.98. The summed E-state index contributed by atoms with van der Waals surface area (Å²) in [5.41, 5.74) is 18.0. The van der Waals surface area contributed by atoms with Gasteiger partial charge in [0, 0.05) is 23.2 Å². The van der Waals surface area contributed by atoms with Crippen molar-refractivity contribution in [2.45, 2.75) is 51.6 Å². The van der Waals surface area contributed by atoms with E-state index in [2.05, 4.69) is 0 Å². The average Bonchev–Trinajstić information content (AvgIpc) is 2.70. The predicted molar refractivity (Wildman–Crippen MR) is 116 cm³/mol. The minimum absolute atomic E-state index is 0.129. The summed E-state index contributed by atoms with van der Waals surface area (Å²) in [6, 6.07) is 11.1. The van der Waals surface area contributed by atoms with E-state index < -0.39 is 0 Å². The van der Waals surface area contributed by atoms with Crippen LogP contribution in [-0.2, 0) is 12.8 Å². The lowest BCUT2D eigenvalue weighted by Crippen LogP contribution is -2.45. The van der Waals surface area contributed by atoms with Gasteiger partial charge in [0.05, 0.1) is 0 Å². The molecule has 0 amide bonds. The van der Waals surface area contributed by atoms with Crippen LogP contribution < -0.4 is 11.5 Å². The molecule has 0 bridgehead atoms. The highest BCUT2D eigenvalue weighted by molar-refractivity contribution is 5.73. The van der Waals surface area contributed by atoms with Gasteiger partial charge in [-0.05, 0) is 60.1 Å². The molecule has 1 saturated carbocycles. The quantitative estimate of drug-likeness (QED) is 0.643. The van der Waals surface area contributed by atoms with Crippen LogP contribution in [0.15, 0.2) is 47.5 Å². The van der Waals surface area contributed by atoms with Crippen molar-refractivity contribution in [2.75, 3.05) is 0 Å². The van der Waals surface area contributed by atoms with E-state index in [0.717, 1.165) is 59.1 Å². The summed E-state index contributed by atoms with van der Waals surface area (Å²) in [6.45, 7) is 4.04. The van der Waals surface area contributed by atoms with Crippen LogP contribution in [0.25, 0.3) is 12.2 Å². The van der Waals surface area contributed by atoms with Gasteiger partial charge in [0.2, 0.25) is 0 Å². The Morgan fingerprint density at radius 1 is 0.893 bits per heavy atom. The second-order valence-corrected chi connectivity index (χ2v) is 7.41. The number of hydrogen-bond donors (Lipinski definition) is 4. The molecule has 1 fully saturated rings. The molecular weight excluding hydrogens is 348 g/mol. The van der Waals surface area contributed by atoms with Gasteiger partial charge in [0.25, 0.3) is 0 Å². The Bertz CT molecular complexity index is 915. The molecule has 28 heavy (non-hydrogen) atoms. The van der Waals surface area contributed by atoms with Gasteiger partial charge in [0.15, 0.2) is 0 Å². The lowest BCUT2D eigenvalue weighted by molar-refractivity contribution is 0.466. The molecular formula is C24H30N2O2. The number of benzene rings is 2. The predicted octanol–water partition coefficient (Wildman–Crippen LogP) is 4.14. The van der Waals surface area contributed by atoms with Gasteiger partial charge in [0.1, 0.15) is 11.5 Å². The Kier molecular flexibility index (Phi) is 6.22. The van der Waals surface area contributed by atoms with Crippen LogP contribution in [0.2, 0.25) is 0 Å². The Morgan fingerprint density at radius 3 is 1.96 bits per heavy atom. The number of rotatable bonds is 4. The Morgan fingerprint density at radius 2 is 1.43 bits per heavy atom. The molecule has 2 aromatic rings. The molecule has 0 aromatic heterocycles. The molecule has 4 heteroatoms. The molecule has 0 aliphatic heterocycles. The smallest absolute Gasteiger partial charge is 0.125 e. The lowest BCUT2D eigenvalue weighted by Gasteiger charge is -2.31. The molecule has 3 rings (SSSR count). The van der Waals surface area contributed by atoms with Crippen molar-refractivity contribution in [1.29, 1.82) is 0 Å². The third-order valence-electron chi connectivity index (χ3n) is 5.64. The van der Waals surface area contributed by atoms with Gasteiger partial charge < -0.3 is 21.7 Å². The standard InChI is InChI=1S/C24H30N2O2/c1-3-15-7-5-9-18(23(15)27)13-17-11-12-21(25)22(26)20(17)14-19-10-6-8-16(4-2)24(19)28/h5-10,13-14,21-22,27-28H,3-4,11-12,25-26H2,1-2H3. The molecule has 2 unspecified atom stereocenters. The van der Waals surface area contributed by atoms with Crippen molar-refractivity contribution in [3.8, 4) is 11.5 Å².